The van der Waals surface area contributed by atoms with Crippen LogP contribution in [0.3, 0.4) is 0 Å². The number of carbonyl (C=O) groups excluding carboxylic acids is 2. The van der Waals surface area contributed by atoms with Crippen molar-refractivity contribution < 1.29 is 9.59 Å². The van der Waals surface area contributed by atoms with Crippen LogP contribution in [0.4, 0.5) is 4.79 Å². The first-order valence-electron chi connectivity index (χ1n) is 9.42. The van der Waals surface area contributed by atoms with Crippen LogP contribution in [0.2, 0.25) is 0 Å². The van der Waals surface area contributed by atoms with Gasteiger partial charge < -0.3 is 10.3 Å². The number of urea groups is 1. The van der Waals surface area contributed by atoms with Crippen molar-refractivity contribution in [1.82, 2.24) is 20.6 Å². The fourth-order valence-electron chi connectivity index (χ4n) is 2.99. The molecule has 0 saturated carbocycles. The molecule has 3 amide bonds. The molecule has 0 radical (unpaired) electrons. The van der Waals surface area contributed by atoms with Gasteiger partial charge in [-0.15, -0.1) is 22.7 Å². The Hall–Kier alpha value is -2.95. The lowest BCUT2D eigenvalue weighted by Crippen LogP contribution is -2.41. The molecule has 0 bridgehead atoms. The first kappa shape index (κ1) is 21.3. The molecule has 1 unspecified atom stereocenters. The monoisotopic (exact) mass is 470 g/mol. The van der Waals surface area contributed by atoms with Crippen LogP contribution in [0.25, 0.3) is 20.7 Å². The summed E-state index contributed by atoms with van der Waals surface area (Å²) in [6, 6.07) is 12.4. The van der Waals surface area contributed by atoms with Crippen molar-refractivity contribution in [2.24, 2.45) is 0 Å². The predicted molar refractivity (Wildman–Crippen MR) is 126 cm³/mol. The molecule has 4 rings (SSSR count). The molecule has 0 saturated heterocycles. The third-order valence-electron chi connectivity index (χ3n) is 4.35. The first-order chi connectivity index (χ1) is 15.1. The van der Waals surface area contributed by atoms with E-state index in [-0.39, 0.29) is 5.56 Å². The van der Waals surface area contributed by atoms with Crippen molar-refractivity contribution >= 4 is 56.6 Å². The SMILES string of the molecule is CCNC(=O)NC(=O)C(Sc1nc2scc(-c3cccs3)c2c(=O)[nH]1)c1ccccc1. The van der Waals surface area contributed by atoms with Gasteiger partial charge in [0.1, 0.15) is 10.1 Å². The Bertz CT molecular complexity index is 1270. The summed E-state index contributed by atoms with van der Waals surface area (Å²) in [5, 5.41) is 8.87. The fourth-order valence-corrected chi connectivity index (χ4v) is 5.79. The molecule has 0 aliphatic heterocycles. The Balaban J connectivity index is 1.67. The lowest BCUT2D eigenvalue weighted by molar-refractivity contribution is -0.119. The van der Waals surface area contributed by atoms with E-state index in [0.29, 0.717) is 27.5 Å². The number of H-pyrrole nitrogens is 1. The second-order valence-corrected chi connectivity index (χ2v) is 9.33. The number of aromatic nitrogens is 2. The number of benzene rings is 1. The van der Waals surface area contributed by atoms with Crippen molar-refractivity contribution in [1.29, 1.82) is 0 Å². The zero-order chi connectivity index (χ0) is 21.8. The molecule has 0 aliphatic carbocycles. The molecule has 3 N–H and O–H groups in total. The lowest BCUT2D eigenvalue weighted by atomic mass is 10.1. The number of amides is 3. The maximum absolute atomic E-state index is 12.9. The number of thiophene rings is 2. The summed E-state index contributed by atoms with van der Waals surface area (Å²) in [6.45, 7) is 2.17. The van der Waals surface area contributed by atoms with Gasteiger partial charge >= 0.3 is 6.03 Å². The van der Waals surface area contributed by atoms with Crippen LogP contribution >= 0.6 is 34.4 Å². The number of fused-ring (bicyclic) bond motifs is 1. The highest BCUT2D eigenvalue weighted by Gasteiger charge is 2.25. The van der Waals surface area contributed by atoms with E-state index in [9.17, 15) is 14.4 Å². The Labute approximate surface area is 189 Å². The maximum Gasteiger partial charge on any atom is 0.321 e. The van der Waals surface area contributed by atoms with Crippen molar-refractivity contribution in [3.05, 3.63) is 69.1 Å². The first-order valence-corrected chi connectivity index (χ1v) is 12.1. The van der Waals surface area contributed by atoms with Gasteiger partial charge in [0.05, 0.1) is 5.39 Å². The van der Waals surface area contributed by atoms with Crippen LogP contribution in [-0.4, -0.2) is 28.5 Å². The summed E-state index contributed by atoms with van der Waals surface area (Å²) in [4.78, 5) is 46.5. The average Bonchev–Trinajstić information content (AvgIpc) is 3.42. The van der Waals surface area contributed by atoms with E-state index in [1.807, 2.05) is 41.1 Å². The van der Waals surface area contributed by atoms with E-state index in [4.69, 9.17) is 0 Å². The maximum atomic E-state index is 12.9. The highest BCUT2D eigenvalue weighted by Crippen LogP contribution is 2.37. The van der Waals surface area contributed by atoms with Gasteiger partial charge in [0.15, 0.2) is 5.16 Å². The second-order valence-electron chi connectivity index (χ2n) is 6.44. The third kappa shape index (κ3) is 4.71. The number of nitrogens with zero attached hydrogens (tertiary/aromatic N) is 1. The Morgan fingerprint density at radius 1 is 1.16 bits per heavy atom. The van der Waals surface area contributed by atoms with E-state index in [1.54, 1.807) is 30.4 Å². The average molecular weight is 471 g/mol. The van der Waals surface area contributed by atoms with Gasteiger partial charge in [0.25, 0.3) is 5.56 Å². The highest BCUT2D eigenvalue weighted by molar-refractivity contribution is 8.00. The van der Waals surface area contributed by atoms with Crippen molar-refractivity contribution in [2.75, 3.05) is 6.54 Å². The van der Waals surface area contributed by atoms with E-state index in [0.717, 1.165) is 22.2 Å². The summed E-state index contributed by atoms with van der Waals surface area (Å²) < 4.78 is 0. The lowest BCUT2D eigenvalue weighted by Gasteiger charge is -2.16. The van der Waals surface area contributed by atoms with E-state index < -0.39 is 17.2 Å². The minimum atomic E-state index is -0.763. The molecule has 1 atom stereocenters. The van der Waals surface area contributed by atoms with E-state index in [2.05, 4.69) is 20.6 Å². The van der Waals surface area contributed by atoms with Gasteiger partial charge in [-0.2, -0.15) is 0 Å². The van der Waals surface area contributed by atoms with Crippen LogP contribution < -0.4 is 16.2 Å². The van der Waals surface area contributed by atoms with Crippen LogP contribution in [0.1, 0.15) is 17.7 Å². The topological polar surface area (TPSA) is 104 Å². The molecular weight excluding hydrogens is 452 g/mol. The van der Waals surface area contributed by atoms with Crippen LogP contribution in [0, 0.1) is 0 Å². The molecule has 3 heterocycles. The molecule has 0 fully saturated rings. The quantitative estimate of drug-likeness (QED) is 0.286. The number of hydrogen-bond donors (Lipinski definition) is 3. The number of rotatable bonds is 6. The third-order valence-corrected chi connectivity index (χ3v) is 7.27. The van der Waals surface area contributed by atoms with Crippen molar-refractivity contribution in [2.45, 2.75) is 17.3 Å². The largest absolute Gasteiger partial charge is 0.338 e. The summed E-state index contributed by atoms with van der Waals surface area (Å²) in [5.41, 5.74) is 1.30. The predicted octanol–water partition coefficient (Wildman–Crippen LogP) is 4.39. The molecule has 1 aromatic carbocycles. The van der Waals surface area contributed by atoms with Gasteiger partial charge in [0.2, 0.25) is 5.91 Å². The summed E-state index contributed by atoms with van der Waals surface area (Å²) >= 11 is 4.04. The number of aromatic amines is 1. The van der Waals surface area contributed by atoms with Crippen LogP contribution in [0.5, 0.6) is 0 Å². The Morgan fingerprint density at radius 3 is 2.68 bits per heavy atom. The molecule has 7 nitrogen and oxygen atoms in total. The van der Waals surface area contributed by atoms with Crippen LogP contribution in [0.15, 0.2) is 63.2 Å². The molecule has 158 valence electrons. The summed E-state index contributed by atoms with van der Waals surface area (Å²) in [6.07, 6.45) is 0. The minimum absolute atomic E-state index is 0.256. The number of hydrogen-bond acceptors (Lipinski definition) is 7. The summed E-state index contributed by atoms with van der Waals surface area (Å²) in [7, 11) is 0. The summed E-state index contributed by atoms with van der Waals surface area (Å²) in [5.74, 6) is -0.490. The Morgan fingerprint density at radius 2 is 1.97 bits per heavy atom. The minimum Gasteiger partial charge on any atom is -0.338 e. The van der Waals surface area contributed by atoms with E-state index >= 15 is 0 Å². The number of carbonyl (C=O) groups is 2. The fraction of sp³-hybridized carbons (Fsp3) is 0.143. The number of nitrogens with one attached hydrogen (secondary N) is 3. The molecule has 3 aromatic heterocycles. The van der Waals surface area contributed by atoms with Gasteiger partial charge in [-0.25, -0.2) is 9.78 Å². The second kappa shape index (κ2) is 9.46. The highest BCUT2D eigenvalue weighted by atomic mass is 32.2. The molecule has 0 spiro atoms. The smallest absolute Gasteiger partial charge is 0.321 e. The van der Waals surface area contributed by atoms with Gasteiger partial charge in [-0.3, -0.25) is 14.9 Å². The van der Waals surface area contributed by atoms with Gasteiger partial charge in [-0.05, 0) is 23.9 Å². The van der Waals surface area contributed by atoms with Crippen molar-refractivity contribution in [3.63, 3.8) is 0 Å². The standard InChI is InChI=1S/C21H18N4O3S3/c1-2-22-20(28)23-18(27)16(12-7-4-3-5-8-12)31-21-24-17(26)15-13(11-30-19(15)25-21)14-9-6-10-29-14/h3-11,16H,2H2,1H3,(H,24,25,26)(H2,22,23,27,28). The zero-order valence-electron chi connectivity index (χ0n) is 16.4. The normalized spacial score (nSPS) is 11.9. The van der Waals surface area contributed by atoms with Gasteiger partial charge in [-0.1, -0.05) is 48.2 Å². The van der Waals surface area contributed by atoms with Gasteiger partial charge in [0, 0.05) is 22.4 Å². The van der Waals surface area contributed by atoms with E-state index in [1.165, 1.54) is 11.3 Å². The Kier molecular flexibility index (Phi) is 6.50. The number of thioether (sulfide) groups is 1. The zero-order valence-corrected chi connectivity index (χ0v) is 18.8. The van der Waals surface area contributed by atoms with Crippen molar-refractivity contribution in [3.8, 4) is 10.4 Å². The van der Waals surface area contributed by atoms with Crippen LogP contribution in [-0.2, 0) is 4.79 Å². The molecule has 0 aliphatic rings. The molecule has 10 heteroatoms. The molecule has 31 heavy (non-hydrogen) atoms. The molecular formula is C21H18N4O3S3. The molecule has 4 aromatic rings. The number of imide groups is 1.